The van der Waals surface area contributed by atoms with E-state index in [1.807, 2.05) is 12.2 Å². The van der Waals surface area contributed by atoms with Crippen molar-refractivity contribution in [3.8, 4) is 0 Å². The van der Waals surface area contributed by atoms with Gasteiger partial charge in [-0.1, -0.05) is 63.8 Å². The Morgan fingerprint density at radius 1 is 0.526 bits per heavy atom. The van der Waals surface area contributed by atoms with Gasteiger partial charge in [-0.25, -0.2) is 0 Å². The fourth-order valence-electron chi connectivity index (χ4n) is 8.80. The minimum atomic E-state index is -1.34. The summed E-state index contributed by atoms with van der Waals surface area (Å²) in [6.45, 7) is 3.59. The molecule has 0 aliphatic heterocycles. The average Bonchev–Trinajstić information content (AvgIpc) is 3.19. The number of unbranched alkanes of at least 4 members (excludes halogenated alkanes) is 8. The van der Waals surface area contributed by atoms with E-state index in [2.05, 4.69) is 26.0 Å². The second kappa shape index (κ2) is 27.5. The highest BCUT2D eigenvalue weighted by Gasteiger charge is 2.56. The molecule has 4 saturated carbocycles. The Morgan fingerprint density at radius 3 is 1.28 bits per heavy atom. The lowest BCUT2D eigenvalue weighted by Crippen LogP contribution is -2.51. The van der Waals surface area contributed by atoms with Gasteiger partial charge in [-0.3, -0.25) is 24.0 Å². The number of allylic oxidation sites excluding steroid dienone is 2. The first kappa shape index (κ1) is 48.2. The summed E-state index contributed by atoms with van der Waals surface area (Å²) in [5.74, 6) is -0.306. The van der Waals surface area contributed by atoms with E-state index in [0.717, 1.165) is 32.1 Å². The number of carbonyl (C=O) groups is 5. The average molecular weight is 803 g/mol. The predicted octanol–water partition coefficient (Wildman–Crippen LogP) is 9.07. The molecule has 11 heteroatoms. The summed E-state index contributed by atoms with van der Waals surface area (Å²) >= 11 is 0. The van der Waals surface area contributed by atoms with Crippen molar-refractivity contribution < 1.29 is 52.8 Å². The summed E-state index contributed by atoms with van der Waals surface area (Å²) in [4.78, 5) is 63.5. The van der Waals surface area contributed by atoms with Crippen LogP contribution in [0.2, 0.25) is 0 Å². The summed E-state index contributed by atoms with van der Waals surface area (Å²) in [5, 5.41) is 10.6. The quantitative estimate of drug-likeness (QED) is 0.0300. The van der Waals surface area contributed by atoms with Crippen LogP contribution in [0, 0.1) is 28.6 Å². The van der Waals surface area contributed by atoms with Crippen molar-refractivity contribution in [2.24, 2.45) is 28.6 Å². The Balaban J connectivity index is 1.41. The maximum Gasteiger partial charge on any atom is 0.312 e. The molecule has 324 valence electrons. The number of aliphatic hydroxyl groups is 1. The third kappa shape index (κ3) is 18.9. The van der Waals surface area contributed by atoms with Crippen LogP contribution in [0.5, 0.6) is 0 Å². The van der Waals surface area contributed by atoms with Gasteiger partial charge in [0.1, 0.15) is 19.8 Å². The van der Waals surface area contributed by atoms with Crippen LogP contribution in [-0.2, 0) is 47.7 Å². The van der Waals surface area contributed by atoms with Crippen LogP contribution in [0.15, 0.2) is 24.3 Å². The lowest BCUT2D eigenvalue weighted by atomic mass is 9.49. The summed E-state index contributed by atoms with van der Waals surface area (Å²) < 4.78 is 27.7. The highest BCUT2D eigenvalue weighted by atomic mass is 16.6. The summed E-state index contributed by atoms with van der Waals surface area (Å²) in [7, 11) is 0. The first-order chi connectivity index (χ1) is 27.6. The van der Waals surface area contributed by atoms with Gasteiger partial charge in [0.25, 0.3) is 0 Å². The van der Waals surface area contributed by atoms with E-state index in [-0.39, 0.29) is 63.4 Å². The predicted molar refractivity (Wildman–Crippen MR) is 218 cm³/mol. The second-order valence-electron chi connectivity index (χ2n) is 17.1. The van der Waals surface area contributed by atoms with E-state index in [1.165, 1.54) is 57.8 Å². The molecule has 0 spiro atoms. The molecular formula is C46H74O11. The van der Waals surface area contributed by atoms with Crippen LogP contribution < -0.4 is 0 Å². The molecule has 0 atom stereocenters. The number of ether oxygens (including phenoxy) is 5. The zero-order valence-electron chi connectivity index (χ0n) is 35.3. The van der Waals surface area contributed by atoms with Crippen molar-refractivity contribution in [1.29, 1.82) is 0 Å². The van der Waals surface area contributed by atoms with E-state index in [4.69, 9.17) is 23.7 Å². The third-order valence-electron chi connectivity index (χ3n) is 11.8. The molecule has 0 aromatic carbocycles. The van der Waals surface area contributed by atoms with E-state index >= 15 is 0 Å². The monoisotopic (exact) mass is 803 g/mol. The number of hydrogen-bond donors (Lipinski definition) is 1. The van der Waals surface area contributed by atoms with Crippen LogP contribution in [0.4, 0.5) is 0 Å². The molecule has 0 radical (unpaired) electrons. The molecule has 0 aromatic heterocycles. The van der Waals surface area contributed by atoms with Crippen LogP contribution in [0.3, 0.4) is 0 Å². The SMILES string of the molecule is CCCCC/C=C\CCOC(=O)CCCCC(=O)OCC(CO)(COC(=O)CCCCC(=O)OCC/C=C\CCCCC)COC(=O)C12CC3CC(CC(C3)C1)C2. The van der Waals surface area contributed by atoms with Crippen molar-refractivity contribution in [2.75, 3.05) is 39.6 Å². The molecule has 11 nitrogen and oxygen atoms in total. The number of hydrogen-bond acceptors (Lipinski definition) is 11. The normalized spacial score (nSPS) is 21.2. The topological polar surface area (TPSA) is 152 Å². The Kier molecular flexibility index (Phi) is 23.2. The molecule has 4 fully saturated rings. The molecule has 57 heavy (non-hydrogen) atoms. The zero-order valence-corrected chi connectivity index (χ0v) is 35.3. The fraction of sp³-hybridized carbons (Fsp3) is 0.804. The minimum Gasteiger partial charge on any atom is -0.465 e. The number of esters is 5. The van der Waals surface area contributed by atoms with E-state index in [9.17, 15) is 29.1 Å². The van der Waals surface area contributed by atoms with Crippen molar-refractivity contribution in [2.45, 2.75) is 168 Å². The smallest absolute Gasteiger partial charge is 0.312 e. The zero-order chi connectivity index (χ0) is 41.2. The highest BCUT2D eigenvalue weighted by molar-refractivity contribution is 5.77. The Bertz CT molecular complexity index is 1170. The van der Waals surface area contributed by atoms with Gasteiger partial charge < -0.3 is 28.8 Å². The molecular weight excluding hydrogens is 728 g/mol. The van der Waals surface area contributed by atoms with Crippen molar-refractivity contribution in [3.05, 3.63) is 24.3 Å². The molecule has 4 aliphatic rings. The van der Waals surface area contributed by atoms with E-state index < -0.39 is 29.4 Å². The molecule has 0 saturated heterocycles. The van der Waals surface area contributed by atoms with Crippen molar-refractivity contribution >= 4 is 29.8 Å². The number of carbonyl (C=O) groups excluding carboxylic acids is 5. The summed E-state index contributed by atoms with van der Waals surface area (Å²) in [5.41, 5.74) is -1.85. The van der Waals surface area contributed by atoms with Crippen LogP contribution in [0.25, 0.3) is 0 Å². The third-order valence-corrected chi connectivity index (χ3v) is 11.8. The lowest BCUT2D eigenvalue weighted by molar-refractivity contribution is -0.182. The van der Waals surface area contributed by atoms with Gasteiger partial charge in [-0.05, 0) is 120 Å². The maximum atomic E-state index is 13.7. The lowest BCUT2D eigenvalue weighted by Gasteiger charge is -2.55. The molecule has 0 aromatic rings. The van der Waals surface area contributed by atoms with Crippen LogP contribution in [-0.4, -0.2) is 74.6 Å². The highest BCUT2D eigenvalue weighted by Crippen LogP contribution is 2.60. The minimum absolute atomic E-state index is 0.0559. The van der Waals surface area contributed by atoms with E-state index in [1.54, 1.807) is 0 Å². The Morgan fingerprint density at radius 2 is 0.895 bits per heavy atom. The molecule has 0 unspecified atom stereocenters. The van der Waals surface area contributed by atoms with Crippen LogP contribution in [0.1, 0.15) is 168 Å². The summed E-state index contributed by atoms with van der Waals surface area (Å²) in [6, 6.07) is 0. The van der Waals surface area contributed by atoms with Crippen molar-refractivity contribution in [1.82, 2.24) is 0 Å². The van der Waals surface area contributed by atoms with Crippen molar-refractivity contribution in [3.63, 3.8) is 0 Å². The first-order valence-corrected chi connectivity index (χ1v) is 22.3. The molecule has 4 rings (SSSR count). The van der Waals surface area contributed by atoms with Gasteiger partial charge in [-0.15, -0.1) is 0 Å². The molecule has 0 amide bonds. The molecule has 0 heterocycles. The second-order valence-corrected chi connectivity index (χ2v) is 17.1. The largest absolute Gasteiger partial charge is 0.465 e. The number of rotatable bonds is 32. The van der Waals surface area contributed by atoms with Gasteiger partial charge >= 0.3 is 29.8 Å². The fourth-order valence-corrected chi connectivity index (χ4v) is 8.80. The van der Waals surface area contributed by atoms with Gasteiger partial charge in [0.2, 0.25) is 0 Å². The Hall–Kier alpha value is -3.21. The summed E-state index contributed by atoms with van der Waals surface area (Å²) in [6.07, 6.45) is 27.1. The van der Waals surface area contributed by atoms with E-state index in [0.29, 0.717) is 69.5 Å². The van der Waals surface area contributed by atoms with Gasteiger partial charge in [0.05, 0.1) is 30.7 Å². The maximum absolute atomic E-state index is 13.7. The van der Waals surface area contributed by atoms with Gasteiger partial charge in [0, 0.05) is 25.7 Å². The Labute approximate surface area is 342 Å². The number of aliphatic hydroxyl groups excluding tert-OH is 1. The van der Waals surface area contributed by atoms with Gasteiger partial charge in [0.15, 0.2) is 0 Å². The molecule has 4 bridgehead atoms. The standard InChI is InChI=1S/C46H74O11/c1-3-5-7-9-11-13-19-25-53-40(48)21-15-17-23-42(50)55-34-45(33-47,36-57-44(52)46-30-37-27-38(31-46)29-39(28-37)32-46)35-56-43(51)24-18-16-22-41(49)54-26-20-14-12-10-8-6-4-2/h11-14,37-39,47H,3-10,15-36H2,1-2H3/b13-11-,14-12-. The van der Waals surface area contributed by atoms with Crippen LogP contribution >= 0.6 is 0 Å². The first-order valence-electron chi connectivity index (χ1n) is 22.3. The molecule has 1 N–H and O–H groups in total. The van der Waals surface area contributed by atoms with Gasteiger partial charge in [-0.2, -0.15) is 0 Å². The molecule has 4 aliphatic carbocycles.